The van der Waals surface area contributed by atoms with Crippen LogP contribution < -0.4 is 0 Å². The number of furan rings is 1. The predicted octanol–water partition coefficient (Wildman–Crippen LogP) is 0.630. The van der Waals surface area contributed by atoms with Crippen LogP contribution in [0.1, 0.15) is 17.5 Å². The number of nitriles is 1. The van der Waals surface area contributed by atoms with E-state index in [0.717, 1.165) is 0 Å². The molecule has 0 spiro atoms. The number of rotatable bonds is 3. The monoisotopic (exact) mass is 378 g/mol. The lowest BCUT2D eigenvalue weighted by Gasteiger charge is -2.41. The molecule has 138 valence electrons. The van der Waals surface area contributed by atoms with Gasteiger partial charge in [0.2, 0.25) is 0 Å². The summed E-state index contributed by atoms with van der Waals surface area (Å²) in [6.45, 7) is 1.15. The summed E-state index contributed by atoms with van der Waals surface area (Å²) in [4.78, 5) is 0. The van der Waals surface area contributed by atoms with Gasteiger partial charge in [0.1, 0.15) is 40.9 Å². The molecule has 0 radical (unpaired) electrons. The topological polar surface area (TPSA) is 132 Å². The number of hydrogen-bond donors (Lipinski definition) is 4. The first-order valence-electron chi connectivity index (χ1n) is 7.91. The van der Waals surface area contributed by atoms with Crippen LogP contribution in [0.2, 0.25) is 0 Å². The minimum absolute atomic E-state index is 0.0863. The highest BCUT2D eigenvalue weighted by molar-refractivity contribution is 7.71. The van der Waals surface area contributed by atoms with Crippen molar-refractivity contribution >= 4 is 12.2 Å². The second-order valence-electron chi connectivity index (χ2n) is 6.06. The third-order valence-electron chi connectivity index (χ3n) is 4.46. The summed E-state index contributed by atoms with van der Waals surface area (Å²) >= 11 is 5.42. The smallest absolute Gasteiger partial charge is 0.164 e. The van der Waals surface area contributed by atoms with E-state index in [0.29, 0.717) is 17.0 Å². The van der Waals surface area contributed by atoms with Gasteiger partial charge in [-0.15, -0.1) is 0 Å². The predicted molar refractivity (Wildman–Crippen MR) is 91.4 cm³/mol. The van der Waals surface area contributed by atoms with Crippen LogP contribution in [0.3, 0.4) is 0 Å². The Morgan fingerprint density at radius 3 is 2.58 bits per heavy atom. The summed E-state index contributed by atoms with van der Waals surface area (Å²) < 4.78 is 12.4. The fourth-order valence-corrected chi connectivity index (χ4v) is 3.50. The molecule has 1 aliphatic heterocycles. The minimum Gasteiger partial charge on any atom is -0.464 e. The largest absolute Gasteiger partial charge is 0.464 e. The fourth-order valence-electron chi connectivity index (χ4n) is 3.09. The van der Waals surface area contributed by atoms with Crippen molar-refractivity contribution in [1.82, 2.24) is 4.57 Å². The van der Waals surface area contributed by atoms with Gasteiger partial charge in [0.25, 0.3) is 0 Å². The van der Waals surface area contributed by atoms with Crippen molar-refractivity contribution in [3.05, 3.63) is 40.4 Å². The van der Waals surface area contributed by atoms with Crippen LogP contribution in [-0.2, 0) is 4.74 Å². The molecule has 3 rings (SSSR count). The molecule has 9 heteroatoms. The zero-order valence-corrected chi connectivity index (χ0v) is 14.6. The SMILES string of the molecule is Cc1cc(-c2ccco2)c(C#N)c(=S)n1[C@H]1O[C@@H](CO)[C@@H](O)[C@@H](O)[C@H]1O. The maximum atomic E-state index is 10.4. The normalized spacial score (nSPS) is 28.7. The number of aromatic nitrogens is 1. The lowest BCUT2D eigenvalue weighted by molar-refractivity contribution is -0.252. The average molecular weight is 378 g/mol. The summed E-state index contributed by atoms with van der Waals surface area (Å²) in [5, 5.41) is 49.2. The summed E-state index contributed by atoms with van der Waals surface area (Å²) in [5.41, 5.74) is 1.20. The van der Waals surface area contributed by atoms with Crippen LogP contribution in [0.4, 0.5) is 0 Å². The van der Waals surface area contributed by atoms with Crippen LogP contribution in [0.25, 0.3) is 11.3 Å². The lowest BCUT2D eigenvalue weighted by atomic mass is 9.97. The van der Waals surface area contributed by atoms with Crippen molar-refractivity contribution in [3.8, 4) is 17.4 Å². The molecule has 4 N–H and O–H groups in total. The van der Waals surface area contributed by atoms with Crippen LogP contribution in [0, 0.1) is 22.9 Å². The molecule has 2 aromatic heterocycles. The molecule has 3 heterocycles. The van der Waals surface area contributed by atoms with Gasteiger partial charge in [-0.25, -0.2) is 0 Å². The summed E-state index contributed by atoms with van der Waals surface area (Å²) in [6.07, 6.45) is -5.28. The van der Waals surface area contributed by atoms with Gasteiger partial charge in [0, 0.05) is 11.3 Å². The molecule has 26 heavy (non-hydrogen) atoms. The fraction of sp³-hybridized carbons (Fsp3) is 0.412. The van der Waals surface area contributed by atoms with Gasteiger partial charge in [-0.2, -0.15) is 5.26 Å². The Labute approximate surface area is 154 Å². The molecule has 0 saturated carbocycles. The van der Waals surface area contributed by atoms with E-state index in [1.807, 2.05) is 6.07 Å². The molecule has 5 atom stereocenters. The molecule has 1 aliphatic rings. The highest BCUT2D eigenvalue weighted by Gasteiger charge is 2.44. The Bertz CT molecular complexity index is 886. The zero-order valence-electron chi connectivity index (χ0n) is 13.8. The van der Waals surface area contributed by atoms with Gasteiger partial charge in [0.05, 0.1) is 18.4 Å². The van der Waals surface area contributed by atoms with Gasteiger partial charge in [0.15, 0.2) is 6.23 Å². The van der Waals surface area contributed by atoms with Crippen molar-refractivity contribution < 1.29 is 29.6 Å². The van der Waals surface area contributed by atoms with E-state index in [1.54, 1.807) is 25.1 Å². The number of hydrogen-bond acceptors (Lipinski definition) is 8. The van der Waals surface area contributed by atoms with Gasteiger partial charge >= 0.3 is 0 Å². The second-order valence-corrected chi connectivity index (χ2v) is 6.44. The molecule has 0 aromatic carbocycles. The summed E-state index contributed by atoms with van der Waals surface area (Å²) in [7, 11) is 0. The molecule has 1 saturated heterocycles. The van der Waals surface area contributed by atoms with E-state index in [9.17, 15) is 25.7 Å². The van der Waals surface area contributed by atoms with Crippen LogP contribution in [-0.4, -0.2) is 56.0 Å². The Morgan fingerprint density at radius 1 is 1.27 bits per heavy atom. The molecule has 0 unspecified atom stereocenters. The second kappa shape index (κ2) is 7.28. The molecule has 1 fully saturated rings. The molecule has 0 aliphatic carbocycles. The van der Waals surface area contributed by atoms with Crippen LogP contribution in [0.15, 0.2) is 28.9 Å². The first-order chi connectivity index (χ1) is 12.4. The third-order valence-corrected chi connectivity index (χ3v) is 4.86. The number of pyridine rings is 1. The third kappa shape index (κ3) is 2.97. The van der Waals surface area contributed by atoms with Crippen molar-refractivity contribution in [2.45, 2.75) is 37.6 Å². The number of nitrogens with zero attached hydrogens (tertiary/aromatic N) is 2. The van der Waals surface area contributed by atoms with E-state index in [4.69, 9.17) is 21.4 Å². The van der Waals surface area contributed by atoms with Crippen LogP contribution >= 0.6 is 12.2 Å². The Hall–Kier alpha value is -2.06. The molecular formula is C17H18N2O6S. The summed E-state index contributed by atoms with van der Waals surface area (Å²) in [5.74, 6) is 0.469. The highest BCUT2D eigenvalue weighted by Crippen LogP contribution is 2.33. The quantitative estimate of drug-likeness (QED) is 0.572. The zero-order chi connectivity index (χ0) is 19.0. The first-order valence-corrected chi connectivity index (χ1v) is 8.32. The standard InChI is InChI=1S/C17H18N2O6S/c1-8-5-9(11-3-2-4-24-11)10(6-18)17(26)19(8)16-15(23)14(22)13(21)12(7-20)25-16/h2-5,12-16,20-23H,7H2,1H3/t12-,13+,14+,15+,16-/m0/s1. The Kier molecular flexibility index (Phi) is 5.24. The molecule has 0 amide bonds. The van der Waals surface area contributed by atoms with Gasteiger partial charge in [-0.1, -0.05) is 12.2 Å². The van der Waals surface area contributed by atoms with Crippen molar-refractivity contribution in [3.63, 3.8) is 0 Å². The number of aliphatic hydroxyl groups excluding tert-OH is 4. The lowest BCUT2D eigenvalue weighted by Crippen LogP contribution is -2.56. The molecule has 8 nitrogen and oxygen atoms in total. The highest BCUT2D eigenvalue weighted by atomic mass is 32.1. The summed E-state index contributed by atoms with van der Waals surface area (Å²) in [6, 6.07) is 7.08. The maximum absolute atomic E-state index is 10.4. The molecular weight excluding hydrogens is 360 g/mol. The number of aryl methyl sites for hydroxylation is 1. The van der Waals surface area contributed by atoms with Crippen molar-refractivity contribution in [2.75, 3.05) is 6.61 Å². The average Bonchev–Trinajstić information content (AvgIpc) is 3.15. The van der Waals surface area contributed by atoms with E-state index in [2.05, 4.69) is 0 Å². The first kappa shape index (κ1) is 18.7. The minimum atomic E-state index is -1.54. The Morgan fingerprint density at radius 2 is 2.00 bits per heavy atom. The van der Waals surface area contributed by atoms with Crippen molar-refractivity contribution in [1.29, 1.82) is 5.26 Å². The Balaban J connectivity index is 2.14. The van der Waals surface area contributed by atoms with Gasteiger partial charge in [-0.3, -0.25) is 0 Å². The molecule has 0 bridgehead atoms. The van der Waals surface area contributed by atoms with Crippen LogP contribution in [0.5, 0.6) is 0 Å². The van der Waals surface area contributed by atoms with Gasteiger partial charge < -0.3 is 34.1 Å². The van der Waals surface area contributed by atoms with Gasteiger partial charge in [-0.05, 0) is 25.1 Å². The maximum Gasteiger partial charge on any atom is 0.164 e. The van der Waals surface area contributed by atoms with E-state index in [-0.39, 0.29) is 10.2 Å². The number of ether oxygens (including phenoxy) is 1. The van der Waals surface area contributed by atoms with E-state index >= 15 is 0 Å². The van der Waals surface area contributed by atoms with E-state index in [1.165, 1.54) is 10.8 Å². The number of aliphatic hydroxyl groups is 4. The van der Waals surface area contributed by atoms with E-state index < -0.39 is 37.3 Å². The molecule has 2 aromatic rings. The van der Waals surface area contributed by atoms with Crippen molar-refractivity contribution in [2.24, 2.45) is 0 Å².